The van der Waals surface area contributed by atoms with Gasteiger partial charge in [-0.05, 0) is 31.2 Å². The third-order valence-corrected chi connectivity index (χ3v) is 4.27. The van der Waals surface area contributed by atoms with Gasteiger partial charge in [0.1, 0.15) is 0 Å². The first-order valence-electron chi connectivity index (χ1n) is 9.46. The Bertz CT molecular complexity index is 982. The molecule has 0 aliphatic rings. The molecule has 3 rings (SSSR count). The number of esters is 1. The molecule has 2 aromatic carbocycles. The van der Waals surface area contributed by atoms with Crippen LogP contribution >= 0.6 is 0 Å². The molecule has 0 saturated heterocycles. The molecule has 0 bridgehead atoms. The second-order valence-corrected chi connectivity index (χ2v) is 6.62. The number of furan rings is 1. The van der Waals surface area contributed by atoms with E-state index < -0.39 is 23.9 Å². The van der Waals surface area contributed by atoms with Crippen LogP contribution in [0.5, 0.6) is 0 Å². The molecule has 0 aliphatic heterocycles. The van der Waals surface area contributed by atoms with Crippen molar-refractivity contribution in [2.24, 2.45) is 0 Å². The van der Waals surface area contributed by atoms with Crippen LogP contribution in [0.4, 0.5) is 5.69 Å². The van der Waals surface area contributed by atoms with Crippen LogP contribution in [-0.4, -0.2) is 24.3 Å². The Hall–Kier alpha value is -3.87. The molecule has 0 saturated carbocycles. The molecule has 1 atom stereocenters. The maximum atomic E-state index is 12.8. The van der Waals surface area contributed by atoms with Gasteiger partial charge < -0.3 is 19.8 Å². The average molecular weight is 406 g/mol. The highest BCUT2D eigenvalue weighted by molar-refractivity contribution is 5.96. The lowest BCUT2D eigenvalue weighted by molar-refractivity contribution is -0.154. The van der Waals surface area contributed by atoms with E-state index >= 15 is 0 Å². The lowest BCUT2D eigenvalue weighted by Gasteiger charge is -2.18. The summed E-state index contributed by atoms with van der Waals surface area (Å²) in [4.78, 5) is 37.0. The van der Waals surface area contributed by atoms with Crippen molar-refractivity contribution < 1.29 is 23.5 Å². The van der Waals surface area contributed by atoms with Crippen LogP contribution < -0.4 is 10.6 Å². The van der Waals surface area contributed by atoms with Crippen molar-refractivity contribution in [3.8, 4) is 0 Å². The predicted molar refractivity (Wildman–Crippen MR) is 111 cm³/mol. The molecule has 30 heavy (non-hydrogen) atoms. The fraction of sp³-hybridized carbons (Fsp3) is 0.174. The summed E-state index contributed by atoms with van der Waals surface area (Å²) in [6, 6.07) is 19.2. The standard InChI is InChI=1S/C23H22N2O5/c1-16-9-11-18(12-10-16)25-23(28)21(17-6-3-2-4-7-17)30-20(26)13-14-24-22(27)19-8-5-15-29-19/h2-12,15,21H,13-14H2,1H3,(H,24,27)(H,25,28). The average Bonchev–Trinajstić information content (AvgIpc) is 3.29. The molecule has 1 unspecified atom stereocenters. The fourth-order valence-electron chi connectivity index (χ4n) is 2.71. The van der Waals surface area contributed by atoms with Crippen LogP contribution in [0.3, 0.4) is 0 Å². The van der Waals surface area contributed by atoms with Gasteiger partial charge in [-0.15, -0.1) is 0 Å². The number of nitrogens with one attached hydrogen (secondary N) is 2. The second kappa shape index (κ2) is 10.1. The Morgan fingerprint density at radius 2 is 1.70 bits per heavy atom. The molecule has 7 nitrogen and oxygen atoms in total. The molecule has 0 radical (unpaired) electrons. The summed E-state index contributed by atoms with van der Waals surface area (Å²) >= 11 is 0. The molecule has 0 fully saturated rings. The summed E-state index contributed by atoms with van der Waals surface area (Å²) in [6.07, 6.45) is 0.189. The molecule has 7 heteroatoms. The van der Waals surface area contributed by atoms with Crippen LogP contribution in [0.1, 0.15) is 34.2 Å². The van der Waals surface area contributed by atoms with Crippen molar-refractivity contribution in [2.45, 2.75) is 19.4 Å². The van der Waals surface area contributed by atoms with Crippen LogP contribution in [0.2, 0.25) is 0 Å². The third-order valence-electron chi connectivity index (χ3n) is 4.27. The normalized spacial score (nSPS) is 11.4. The van der Waals surface area contributed by atoms with Crippen LogP contribution in [0.25, 0.3) is 0 Å². The minimum atomic E-state index is -1.11. The molecule has 1 heterocycles. The molecular formula is C23H22N2O5. The minimum Gasteiger partial charge on any atom is -0.459 e. The number of carbonyl (C=O) groups is 3. The van der Waals surface area contributed by atoms with Crippen molar-refractivity contribution in [3.63, 3.8) is 0 Å². The van der Waals surface area contributed by atoms with Gasteiger partial charge in [-0.25, -0.2) is 0 Å². The zero-order valence-corrected chi connectivity index (χ0v) is 16.5. The van der Waals surface area contributed by atoms with Gasteiger partial charge in [-0.2, -0.15) is 0 Å². The predicted octanol–water partition coefficient (Wildman–Crippen LogP) is 3.63. The van der Waals surface area contributed by atoms with Crippen molar-refractivity contribution in [1.82, 2.24) is 5.32 Å². The Morgan fingerprint density at radius 1 is 0.967 bits per heavy atom. The number of aryl methyl sites for hydroxylation is 1. The van der Waals surface area contributed by atoms with Gasteiger partial charge in [0.2, 0.25) is 6.10 Å². The number of hydrogen-bond donors (Lipinski definition) is 2. The monoisotopic (exact) mass is 406 g/mol. The zero-order valence-electron chi connectivity index (χ0n) is 16.5. The first-order chi connectivity index (χ1) is 14.5. The minimum absolute atomic E-state index is 0.0550. The van der Waals surface area contributed by atoms with E-state index in [0.29, 0.717) is 11.3 Å². The quantitative estimate of drug-likeness (QED) is 0.557. The largest absolute Gasteiger partial charge is 0.459 e. The van der Waals surface area contributed by atoms with E-state index in [9.17, 15) is 14.4 Å². The number of anilines is 1. The molecule has 2 N–H and O–H groups in total. The highest BCUT2D eigenvalue weighted by atomic mass is 16.5. The Balaban J connectivity index is 1.60. The molecule has 0 aliphatic carbocycles. The smallest absolute Gasteiger partial charge is 0.308 e. The zero-order chi connectivity index (χ0) is 21.3. The number of benzene rings is 2. The topological polar surface area (TPSA) is 97.6 Å². The Labute approximate surface area is 174 Å². The number of rotatable bonds is 8. The van der Waals surface area contributed by atoms with E-state index in [-0.39, 0.29) is 18.7 Å². The molecule has 154 valence electrons. The lowest BCUT2D eigenvalue weighted by Crippen LogP contribution is -2.29. The molecule has 0 spiro atoms. The van der Waals surface area contributed by atoms with E-state index in [2.05, 4.69) is 10.6 Å². The van der Waals surface area contributed by atoms with E-state index in [1.54, 1.807) is 42.5 Å². The summed E-state index contributed by atoms with van der Waals surface area (Å²) in [6.45, 7) is 2.00. The van der Waals surface area contributed by atoms with Gasteiger partial charge in [0.05, 0.1) is 12.7 Å². The van der Waals surface area contributed by atoms with E-state index in [1.807, 2.05) is 25.1 Å². The summed E-state index contributed by atoms with van der Waals surface area (Å²) in [5.74, 6) is -1.34. The highest BCUT2D eigenvalue weighted by Gasteiger charge is 2.25. The lowest BCUT2D eigenvalue weighted by atomic mass is 10.1. The molecular weight excluding hydrogens is 384 g/mol. The summed E-state index contributed by atoms with van der Waals surface area (Å²) < 4.78 is 10.4. The number of carbonyl (C=O) groups excluding carboxylic acids is 3. The summed E-state index contributed by atoms with van der Waals surface area (Å²) in [5, 5.41) is 5.34. The fourth-order valence-corrected chi connectivity index (χ4v) is 2.71. The first kappa shape index (κ1) is 20.9. The molecule has 3 aromatic rings. The van der Waals surface area contributed by atoms with Gasteiger partial charge in [0.25, 0.3) is 11.8 Å². The highest BCUT2D eigenvalue weighted by Crippen LogP contribution is 2.21. The Morgan fingerprint density at radius 3 is 2.37 bits per heavy atom. The molecule has 2 amide bonds. The SMILES string of the molecule is Cc1ccc(NC(=O)C(OC(=O)CCNC(=O)c2ccco2)c2ccccc2)cc1. The summed E-state index contributed by atoms with van der Waals surface area (Å²) in [5.41, 5.74) is 2.22. The number of amides is 2. The van der Waals surface area contributed by atoms with Gasteiger partial charge in [0.15, 0.2) is 5.76 Å². The second-order valence-electron chi connectivity index (χ2n) is 6.62. The van der Waals surface area contributed by atoms with E-state index in [4.69, 9.17) is 9.15 Å². The van der Waals surface area contributed by atoms with Crippen molar-refractivity contribution in [3.05, 3.63) is 89.9 Å². The van der Waals surface area contributed by atoms with E-state index in [1.165, 1.54) is 12.3 Å². The summed E-state index contributed by atoms with van der Waals surface area (Å²) in [7, 11) is 0. The van der Waals surface area contributed by atoms with Crippen LogP contribution in [0, 0.1) is 6.92 Å². The number of hydrogen-bond acceptors (Lipinski definition) is 5. The van der Waals surface area contributed by atoms with Gasteiger partial charge in [-0.1, -0.05) is 48.0 Å². The third kappa shape index (κ3) is 5.81. The van der Waals surface area contributed by atoms with Crippen molar-refractivity contribution in [1.29, 1.82) is 0 Å². The van der Waals surface area contributed by atoms with Gasteiger partial charge >= 0.3 is 5.97 Å². The van der Waals surface area contributed by atoms with Gasteiger partial charge in [-0.3, -0.25) is 14.4 Å². The van der Waals surface area contributed by atoms with Gasteiger partial charge in [0, 0.05) is 17.8 Å². The Kier molecular flexibility index (Phi) is 7.00. The van der Waals surface area contributed by atoms with Crippen LogP contribution in [-0.2, 0) is 14.3 Å². The first-order valence-corrected chi connectivity index (χ1v) is 9.46. The maximum absolute atomic E-state index is 12.8. The van der Waals surface area contributed by atoms with Crippen LogP contribution in [0.15, 0.2) is 77.4 Å². The maximum Gasteiger partial charge on any atom is 0.308 e. The van der Waals surface area contributed by atoms with Crippen molar-refractivity contribution in [2.75, 3.05) is 11.9 Å². The molecule has 1 aromatic heterocycles. The van der Waals surface area contributed by atoms with Crippen molar-refractivity contribution >= 4 is 23.5 Å². The number of ether oxygens (including phenoxy) is 1. The van der Waals surface area contributed by atoms with E-state index in [0.717, 1.165) is 5.56 Å².